The molecule has 0 spiro atoms. The summed E-state index contributed by atoms with van der Waals surface area (Å²) in [6, 6.07) is 5.37. The fourth-order valence-electron chi connectivity index (χ4n) is 4.30. The first-order valence-electron chi connectivity index (χ1n) is 10.1. The van der Waals surface area contributed by atoms with Gasteiger partial charge in [-0.05, 0) is 56.4 Å². The van der Waals surface area contributed by atoms with Crippen molar-refractivity contribution in [3.8, 4) is 5.75 Å². The van der Waals surface area contributed by atoms with Crippen LogP contribution in [0.15, 0.2) is 18.2 Å². The van der Waals surface area contributed by atoms with Gasteiger partial charge < -0.3 is 14.4 Å². The van der Waals surface area contributed by atoms with Gasteiger partial charge in [0.25, 0.3) is 5.91 Å². The SMILES string of the molecule is Cc1cc(C)cc(OCC(=O)OCC(=O)N(C2CCCC2)[C@@H]2CCS(=O)(=O)C2)c1. The van der Waals surface area contributed by atoms with Gasteiger partial charge in [0.05, 0.1) is 11.5 Å². The van der Waals surface area contributed by atoms with Crippen molar-refractivity contribution in [2.45, 2.75) is 58.0 Å². The molecule has 1 amide bonds. The molecule has 0 unspecified atom stereocenters. The standard InChI is InChI=1S/C21H29NO6S/c1-15-9-16(2)11-19(10-15)27-13-21(24)28-12-20(23)22(17-5-3-4-6-17)18-7-8-29(25,26)14-18/h9-11,17-18H,3-8,12-14H2,1-2H3/t18-/m1/s1. The van der Waals surface area contributed by atoms with Crippen molar-refractivity contribution in [2.75, 3.05) is 24.7 Å². The normalized spacial score (nSPS) is 21.1. The predicted octanol–water partition coefficient (Wildman–Crippen LogP) is 2.18. The van der Waals surface area contributed by atoms with E-state index in [9.17, 15) is 18.0 Å². The highest BCUT2D eigenvalue weighted by Gasteiger charge is 2.39. The van der Waals surface area contributed by atoms with Crippen LogP contribution in [0, 0.1) is 13.8 Å². The first-order chi connectivity index (χ1) is 13.7. The Morgan fingerprint density at radius 1 is 1.00 bits per heavy atom. The number of aryl methyl sites for hydroxylation is 2. The van der Waals surface area contributed by atoms with Crippen molar-refractivity contribution in [3.05, 3.63) is 29.3 Å². The summed E-state index contributed by atoms with van der Waals surface area (Å²) in [5, 5.41) is 0. The van der Waals surface area contributed by atoms with E-state index in [4.69, 9.17) is 9.47 Å². The van der Waals surface area contributed by atoms with E-state index < -0.39 is 15.8 Å². The number of sulfone groups is 1. The number of ether oxygens (including phenoxy) is 2. The van der Waals surface area contributed by atoms with Gasteiger partial charge in [0.2, 0.25) is 0 Å². The first kappa shape index (κ1) is 21.6. The van der Waals surface area contributed by atoms with Crippen LogP contribution in [0.25, 0.3) is 0 Å². The topological polar surface area (TPSA) is 90.0 Å². The van der Waals surface area contributed by atoms with Crippen molar-refractivity contribution in [2.24, 2.45) is 0 Å². The smallest absolute Gasteiger partial charge is 0.344 e. The van der Waals surface area contributed by atoms with Gasteiger partial charge in [0, 0.05) is 12.1 Å². The van der Waals surface area contributed by atoms with E-state index in [1.807, 2.05) is 32.0 Å². The third-order valence-corrected chi connectivity index (χ3v) is 7.27. The van der Waals surface area contributed by atoms with Gasteiger partial charge in [-0.2, -0.15) is 0 Å². The highest BCUT2D eigenvalue weighted by atomic mass is 32.2. The lowest BCUT2D eigenvalue weighted by Crippen LogP contribution is -2.48. The maximum Gasteiger partial charge on any atom is 0.344 e. The molecule has 1 atom stereocenters. The Labute approximate surface area is 172 Å². The second kappa shape index (κ2) is 9.15. The minimum atomic E-state index is -3.10. The van der Waals surface area contributed by atoms with Gasteiger partial charge in [-0.1, -0.05) is 18.9 Å². The number of nitrogens with zero attached hydrogens (tertiary/aromatic N) is 1. The predicted molar refractivity (Wildman–Crippen MR) is 109 cm³/mol. The number of amides is 1. The number of carbonyl (C=O) groups excluding carboxylic acids is 2. The molecule has 0 radical (unpaired) electrons. The molecule has 2 fully saturated rings. The molecule has 1 aliphatic carbocycles. The van der Waals surface area contributed by atoms with E-state index in [0.717, 1.165) is 36.8 Å². The van der Waals surface area contributed by atoms with Crippen molar-refractivity contribution in [3.63, 3.8) is 0 Å². The summed E-state index contributed by atoms with van der Waals surface area (Å²) in [4.78, 5) is 26.5. The summed E-state index contributed by atoms with van der Waals surface area (Å²) < 4.78 is 34.4. The van der Waals surface area contributed by atoms with Gasteiger partial charge in [-0.3, -0.25) is 4.79 Å². The molecule has 3 rings (SSSR count). The molecule has 0 N–H and O–H groups in total. The van der Waals surface area contributed by atoms with Crippen molar-refractivity contribution >= 4 is 21.7 Å². The second-order valence-electron chi connectivity index (χ2n) is 8.07. The third kappa shape index (κ3) is 5.95. The molecule has 1 saturated carbocycles. The molecule has 1 saturated heterocycles. The Bertz CT molecular complexity index is 840. The quantitative estimate of drug-likeness (QED) is 0.625. The minimum Gasteiger partial charge on any atom is -0.482 e. The number of esters is 1. The molecule has 1 heterocycles. The zero-order valence-corrected chi connectivity index (χ0v) is 17.9. The maximum atomic E-state index is 12.8. The number of carbonyl (C=O) groups is 2. The van der Waals surface area contributed by atoms with Crippen molar-refractivity contribution < 1.29 is 27.5 Å². The van der Waals surface area contributed by atoms with Crippen LogP contribution in [0.5, 0.6) is 5.75 Å². The summed E-state index contributed by atoms with van der Waals surface area (Å²) >= 11 is 0. The van der Waals surface area contributed by atoms with E-state index in [-0.39, 0.29) is 42.7 Å². The van der Waals surface area contributed by atoms with Crippen LogP contribution in [0.4, 0.5) is 0 Å². The lowest BCUT2D eigenvalue weighted by atomic mass is 10.1. The average Bonchev–Trinajstić information content (AvgIpc) is 3.27. The fourth-order valence-corrected chi connectivity index (χ4v) is 6.01. The zero-order chi connectivity index (χ0) is 21.0. The van der Waals surface area contributed by atoms with E-state index >= 15 is 0 Å². The van der Waals surface area contributed by atoms with Crippen LogP contribution < -0.4 is 4.74 Å². The molecule has 2 aliphatic rings. The Balaban J connectivity index is 1.54. The molecule has 29 heavy (non-hydrogen) atoms. The molecule has 1 aromatic rings. The number of benzene rings is 1. The van der Waals surface area contributed by atoms with Crippen molar-refractivity contribution in [1.29, 1.82) is 0 Å². The molecular weight excluding hydrogens is 394 g/mol. The molecule has 160 valence electrons. The van der Waals surface area contributed by atoms with Crippen LogP contribution in [0.3, 0.4) is 0 Å². The van der Waals surface area contributed by atoms with Crippen LogP contribution in [-0.4, -0.2) is 62.0 Å². The van der Waals surface area contributed by atoms with Gasteiger partial charge >= 0.3 is 5.97 Å². The Morgan fingerprint density at radius 2 is 1.66 bits per heavy atom. The van der Waals surface area contributed by atoms with Crippen LogP contribution >= 0.6 is 0 Å². The Hall–Kier alpha value is -2.09. The van der Waals surface area contributed by atoms with Gasteiger partial charge in [0.1, 0.15) is 5.75 Å². The molecule has 0 bridgehead atoms. The monoisotopic (exact) mass is 423 g/mol. The number of hydrogen-bond donors (Lipinski definition) is 0. The van der Waals surface area contributed by atoms with E-state index in [2.05, 4.69) is 0 Å². The third-order valence-electron chi connectivity index (χ3n) is 5.52. The van der Waals surface area contributed by atoms with Crippen LogP contribution in [0.1, 0.15) is 43.2 Å². The lowest BCUT2D eigenvalue weighted by Gasteiger charge is -2.33. The summed E-state index contributed by atoms with van der Waals surface area (Å²) in [6.07, 6.45) is 4.24. The van der Waals surface area contributed by atoms with E-state index in [1.54, 1.807) is 4.90 Å². The molecule has 0 aromatic heterocycles. The zero-order valence-electron chi connectivity index (χ0n) is 17.1. The van der Waals surface area contributed by atoms with Crippen molar-refractivity contribution in [1.82, 2.24) is 4.90 Å². The van der Waals surface area contributed by atoms with E-state index in [0.29, 0.717) is 12.2 Å². The molecular formula is C21H29NO6S. The molecule has 7 nitrogen and oxygen atoms in total. The van der Waals surface area contributed by atoms with Crippen LogP contribution in [-0.2, 0) is 24.2 Å². The summed E-state index contributed by atoms with van der Waals surface area (Å²) in [6.45, 7) is 3.22. The number of hydrogen-bond acceptors (Lipinski definition) is 6. The molecule has 8 heteroatoms. The van der Waals surface area contributed by atoms with E-state index in [1.165, 1.54) is 0 Å². The van der Waals surface area contributed by atoms with Gasteiger partial charge in [-0.25, -0.2) is 13.2 Å². The van der Waals surface area contributed by atoms with Crippen LogP contribution in [0.2, 0.25) is 0 Å². The average molecular weight is 424 g/mol. The highest BCUT2D eigenvalue weighted by Crippen LogP contribution is 2.29. The second-order valence-corrected chi connectivity index (χ2v) is 10.3. The molecule has 1 aliphatic heterocycles. The van der Waals surface area contributed by atoms with Gasteiger partial charge in [0.15, 0.2) is 23.1 Å². The summed E-state index contributed by atoms with van der Waals surface area (Å²) in [7, 11) is -3.10. The highest BCUT2D eigenvalue weighted by molar-refractivity contribution is 7.91. The lowest BCUT2D eigenvalue weighted by molar-refractivity contribution is -0.155. The summed E-state index contributed by atoms with van der Waals surface area (Å²) in [5.74, 6) is -0.257. The molecule has 1 aromatic carbocycles. The maximum absolute atomic E-state index is 12.8. The van der Waals surface area contributed by atoms with Gasteiger partial charge in [-0.15, -0.1) is 0 Å². The number of rotatable bonds is 7. The fraction of sp³-hybridized carbons (Fsp3) is 0.619. The minimum absolute atomic E-state index is 0.000985. The Kier molecular flexibility index (Phi) is 6.82. The Morgan fingerprint density at radius 3 is 2.24 bits per heavy atom. The summed E-state index contributed by atoms with van der Waals surface area (Å²) in [5.41, 5.74) is 2.06. The first-order valence-corrected chi connectivity index (χ1v) is 11.9. The largest absolute Gasteiger partial charge is 0.482 e.